The van der Waals surface area contributed by atoms with Gasteiger partial charge >= 0.3 is 0 Å². The first-order valence-electron chi connectivity index (χ1n) is 4.88. The van der Waals surface area contributed by atoms with Crippen LogP contribution >= 0.6 is 0 Å². The van der Waals surface area contributed by atoms with E-state index in [0.29, 0.717) is 26.4 Å². The van der Waals surface area contributed by atoms with Crippen molar-refractivity contribution in [1.82, 2.24) is 5.32 Å². The first kappa shape index (κ1) is 13.4. The van der Waals surface area contributed by atoms with Crippen LogP contribution in [0.25, 0.3) is 0 Å². The summed E-state index contributed by atoms with van der Waals surface area (Å²) in [7, 11) is 0. The van der Waals surface area contributed by atoms with E-state index in [9.17, 15) is 4.79 Å². The average molecular weight is 203 g/mol. The number of ether oxygens (including phenoxy) is 2. The monoisotopic (exact) mass is 203 g/mol. The zero-order valence-electron chi connectivity index (χ0n) is 9.55. The molecule has 4 nitrogen and oxygen atoms in total. The van der Waals surface area contributed by atoms with Gasteiger partial charge in [-0.15, -0.1) is 0 Å². The molecule has 84 valence electrons. The fourth-order valence-electron chi connectivity index (χ4n) is 0.808. The van der Waals surface area contributed by atoms with Crippen LogP contribution in [0, 0.1) is 0 Å². The molecular formula is C10H21NO3. The molecule has 0 atom stereocenters. The highest BCUT2D eigenvalue weighted by atomic mass is 16.5. The second-order valence-electron chi connectivity index (χ2n) is 4.06. The predicted octanol–water partition coefficient (Wildman–Crippen LogP) is 0.954. The molecule has 0 aromatic heterocycles. The van der Waals surface area contributed by atoms with E-state index in [1.54, 1.807) is 0 Å². The number of nitrogens with one attached hydrogen (secondary N) is 1. The number of carbonyl (C=O) groups excluding carboxylic acids is 1. The number of hydrogen-bond acceptors (Lipinski definition) is 3. The number of amides is 1. The maximum absolute atomic E-state index is 10.5. The van der Waals surface area contributed by atoms with Crippen LogP contribution in [-0.4, -0.2) is 37.9 Å². The minimum absolute atomic E-state index is 0.0282. The zero-order chi connectivity index (χ0) is 11.0. The van der Waals surface area contributed by atoms with Gasteiger partial charge in [-0.1, -0.05) is 0 Å². The van der Waals surface area contributed by atoms with E-state index in [0.717, 1.165) is 0 Å². The Kier molecular flexibility index (Phi) is 6.49. The Morgan fingerprint density at radius 1 is 1.21 bits per heavy atom. The van der Waals surface area contributed by atoms with Gasteiger partial charge in [0.2, 0.25) is 5.91 Å². The Hall–Kier alpha value is -0.610. The lowest BCUT2D eigenvalue weighted by molar-refractivity contribution is -0.119. The van der Waals surface area contributed by atoms with Crippen molar-refractivity contribution in [3.8, 4) is 0 Å². The van der Waals surface area contributed by atoms with Gasteiger partial charge in [0.05, 0.1) is 25.4 Å². The Labute approximate surface area is 86.0 Å². The highest BCUT2D eigenvalue weighted by molar-refractivity contribution is 5.72. The fraction of sp³-hybridized carbons (Fsp3) is 0.900. The molecule has 0 saturated carbocycles. The van der Waals surface area contributed by atoms with E-state index in [1.807, 2.05) is 20.8 Å². The lowest BCUT2D eigenvalue weighted by Crippen LogP contribution is -2.26. The first-order chi connectivity index (χ1) is 6.42. The van der Waals surface area contributed by atoms with Crippen LogP contribution in [-0.2, 0) is 14.3 Å². The number of rotatable bonds is 6. The molecule has 0 aliphatic carbocycles. The van der Waals surface area contributed by atoms with Gasteiger partial charge in [-0.2, -0.15) is 0 Å². The number of carbonyl (C=O) groups is 1. The minimum Gasteiger partial charge on any atom is -0.377 e. The van der Waals surface area contributed by atoms with E-state index < -0.39 is 0 Å². The van der Waals surface area contributed by atoms with Gasteiger partial charge in [0, 0.05) is 13.5 Å². The van der Waals surface area contributed by atoms with Crippen molar-refractivity contribution < 1.29 is 14.3 Å². The van der Waals surface area contributed by atoms with E-state index >= 15 is 0 Å². The van der Waals surface area contributed by atoms with Gasteiger partial charge in [-0.3, -0.25) is 4.79 Å². The van der Waals surface area contributed by atoms with E-state index in [1.165, 1.54) is 6.92 Å². The second-order valence-corrected chi connectivity index (χ2v) is 4.06. The van der Waals surface area contributed by atoms with Gasteiger partial charge in [0.1, 0.15) is 0 Å². The first-order valence-corrected chi connectivity index (χ1v) is 4.88. The van der Waals surface area contributed by atoms with Gasteiger partial charge in [-0.25, -0.2) is 0 Å². The van der Waals surface area contributed by atoms with Crippen LogP contribution in [0.2, 0.25) is 0 Å². The molecule has 0 unspecified atom stereocenters. The minimum atomic E-state index is -0.110. The molecule has 1 N–H and O–H groups in total. The summed E-state index contributed by atoms with van der Waals surface area (Å²) in [5.41, 5.74) is -0.110. The van der Waals surface area contributed by atoms with Crippen molar-refractivity contribution >= 4 is 5.91 Å². The third kappa shape index (κ3) is 11.4. The van der Waals surface area contributed by atoms with Crippen LogP contribution in [0.1, 0.15) is 27.7 Å². The maximum atomic E-state index is 10.5. The summed E-state index contributed by atoms with van der Waals surface area (Å²) in [6.45, 7) is 9.75. The molecule has 0 spiro atoms. The standard InChI is InChI=1S/C10H21NO3/c1-9(12)11-5-6-13-7-8-14-10(2,3)4/h5-8H2,1-4H3,(H,11,12). The Morgan fingerprint density at radius 2 is 1.86 bits per heavy atom. The molecule has 14 heavy (non-hydrogen) atoms. The molecule has 1 amide bonds. The lowest BCUT2D eigenvalue weighted by atomic mass is 10.2. The van der Waals surface area contributed by atoms with Crippen LogP contribution in [0.3, 0.4) is 0 Å². The van der Waals surface area contributed by atoms with Crippen molar-refractivity contribution in [2.75, 3.05) is 26.4 Å². The quantitative estimate of drug-likeness (QED) is 0.654. The third-order valence-electron chi connectivity index (χ3n) is 1.38. The molecule has 0 bridgehead atoms. The summed E-state index contributed by atoms with van der Waals surface area (Å²) in [6, 6.07) is 0. The molecule has 0 aromatic carbocycles. The highest BCUT2D eigenvalue weighted by Gasteiger charge is 2.08. The van der Waals surface area contributed by atoms with Gasteiger partial charge in [0.15, 0.2) is 0 Å². The highest BCUT2D eigenvalue weighted by Crippen LogP contribution is 2.05. The third-order valence-corrected chi connectivity index (χ3v) is 1.38. The van der Waals surface area contributed by atoms with Crippen LogP contribution < -0.4 is 5.32 Å². The molecule has 0 aliphatic heterocycles. The van der Waals surface area contributed by atoms with Crippen molar-refractivity contribution in [3.63, 3.8) is 0 Å². The smallest absolute Gasteiger partial charge is 0.216 e. The molecule has 0 heterocycles. The zero-order valence-corrected chi connectivity index (χ0v) is 9.55. The second kappa shape index (κ2) is 6.79. The largest absolute Gasteiger partial charge is 0.377 e. The molecule has 0 aliphatic rings. The van der Waals surface area contributed by atoms with E-state index in [-0.39, 0.29) is 11.5 Å². The summed E-state index contributed by atoms with van der Waals surface area (Å²) < 4.78 is 10.7. The predicted molar refractivity (Wildman–Crippen MR) is 55.2 cm³/mol. The Morgan fingerprint density at radius 3 is 2.36 bits per heavy atom. The SMILES string of the molecule is CC(=O)NCCOCCOC(C)(C)C. The molecule has 0 fully saturated rings. The van der Waals surface area contributed by atoms with Crippen LogP contribution in [0.15, 0.2) is 0 Å². The summed E-state index contributed by atoms with van der Waals surface area (Å²) in [4.78, 5) is 10.5. The molecule has 0 rings (SSSR count). The normalized spacial score (nSPS) is 11.4. The van der Waals surface area contributed by atoms with Crippen LogP contribution in [0.5, 0.6) is 0 Å². The average Bonchev–Trinajstić information content (AvgIpc) is 2.00. The Bertz CT molecular complexity index is 163. The molecular weight excluding hydrogens is 182 g/mol. The van der Waals surface area contributed by atoms with Gasteiger partial charge < -0.3 is 14.8 Å². The Balaban J connectivity index is 3.11. The van der Waals surface area contributed by atoms with Crippen molar-refractivity contribution in [3.05, 3.63) is 0 Å². The topological polar surface area (TPSA) is 47.6 Å². The fourth-order valence-corrected chi connectivity index (χ4v) is 0.808. The summed E-state index contributed by atoms with van der Waals surface area (Å²) in [5.74, 6) is -0.0282. The molecule has 0 radical (unpaired) electrons. The van der Waals surface area contributed by atoms with Crippen molar-refractivity contribution in [2.45, 2.75) is 33.3 Å². The van der Waals surface area contributed by atoms with Gasteiger partial charge in [-0.05, 0) is 20.8 Å². The summed E-state index contributed by atoms with van der Waals surface area (Å²) in [6.07, 6.45) is 0. The number of hydrogen-bond donors (Lipinski definition) is 1. The van der Waals surface area contributed by atoms with E-state index in [2.05, 4.69) is 5.32 Å². The maximum Gasteiger partial charge on any atom is 0.216 e. The summed E-state index contributed by atoms with van der Waals surface area (Å²) in [5, 5.41) is 2.65. The van der Waals surface area contributed by atoms with Crippen molar-refractivity contribution in [2.24, 2.45) is 0 Å². The van der Waals surface area contributed by atoms with Crippen LogP contribution in [0.4, 0.5) is 0 Å². The van der Waals surface area contributed by atoms with Crippen molar-refractivity contribution in [1.29, 1.82) is 0 Å². The molecule has 0 aromatic rings. The van der Waals surface area contributed by atoms with E-state index in [4.69, 9.17) is 9.47 Å². The lowest BCUT2D eigenvalue weighted by Gasteiger charge is -2.19. The molecule has 0 saturated heterocycles. The molecule has 4 heteroatoms. The van der Waals surface area contributed by atoms with Gasteiger partial charge in [0.25, 0.3) is 0 Å². The summed E-state index contributed by atoms with van der Waals surface area (Å²) >= 11 is 0.